The largest absolute Gasteiger partial charge is 0.398 e. The summed E-state index contributed by atoms with van der Waals surface area (Å²) in [6, 6.07) is 10.8. The van der Waals surface area contributed by atoms with Crippen molar-refractivity contribution in [2.45, 2.75) is 4.90 Å². The molecule has 98 valence electrons. The topological polar surface area (TPSA) is 68.0 Å². The molecule has 1 heterocycles. The number of anilines is 2. The molecule has 1 aromatic carbocycles. The summed E-state index contributed by atoms with van der Waals surface area (Å²) in [5.41, 5.74) is 6.47. The van der Waals surface area contributed by atoms with E-state index in [1.54, 1.807) is 18.2 Å². The number of benzene rings is 1. The summed E-state index contributed by atoms with van der Waals surface area (Å²) in [4.78, 5) is 16.6. The predicted molar refractivity (Wildman–Crippen MR) is 79.5 cm³/mol. The predicted octanol–water partition coefficient (Wildman–Crippen LogP) is 3.05. The molecule has 2 aromatic rings. The minimum Gasteiger partial charge on any atom is -0.398 e. The number of thioether (sulfide) groups is 1. The fourth-order valence-corrected chi connectivity index (χ4v) is 2.26. The van der Waals surface area contributed by atoms with E-state index in [-0.39, 0.29) is 11.7 Å². The summed E-state index contributed by atoms with van der Waals surface area (Å²) in [6.45, 7) is 0. The first-order valence-corrected chi connectivity index (χ1v) is 6.90. The summed E-state index contributed by atoms with van der Waals surface area (Å²) >= 11 is 7.10. The van der Waals surface area contributed by atoms with Gasteiger partial charge < -0.3 is 11.1 Å². The summed E-state index contributed by atoms with van der Waals surface area (Å²) in [7, 11) is 0. The lowest BCUT2D eigenvalue weighted by Gasteiger charge is -2.06. The lowest BCUT2D eigenvalue weighted by molar-refractivity contribution is -0.113. The van der Waals surface area contributed by atoms with Gasteiger partial charge in [0, 0.05) is 16.8 Å². The number of para-hydroxylation sites is 1. The molecule has 0 radical (unpaired) electrons. The molecule has 6 heteroatoms. The first-order chi connectivity index (χ1) is 9.15. The fourth-order valence-electron chi connectivity index (χ4n) is 1.38. The van der Waals surface area contributed by atoms with Gasteiger partial charge in [0.05, 0.1) is 10.8 Å². The number of nitrogen functional groups attached to an aromatic ring is 1. The van der Waals surface area contributed by atoms with Crippen LogP contribution in [0.4, 0.5) is 11.5 Å². The number of nitrogens with two attached hydrogens (primary N) is 1. The van der Waals surface area contributed by atoms with Crippen LogP contribution >= 0.6 is 23.4 Å². The number of halogens is 1. The van der Waals surface area contributed by atoms with Crippen molar-refractivity contribution in [3.8, 4) is 0 Å². The Morgan fingerprint density at radius 2 is 2.11 bits per heavy atom. The number of nitrogens with zero attached hydrogens (tertiary/aromatic N) is 1. The molecular weight excluding hydrogens is 282 g/mol. The second kappa shape index (κ2) is 6.45. The summed E-state index contributed by atoms with van der Waals surface area (Å²) < 4.78 is 0. The van der Waals surface area contributed by atoms with Gasteiger partial charge in [-0.2, -0.15) is 0 Å². The Hall–Kier alpha value is -1.72. The first-order valence-electron chi connectivity index (χ1n) is 5.54. The number of carbonyl (C=O) groups is 1. The molecule has 0 saturated heterocycles. The second-order valence-corrected chi connectivity index (χ2v) is 5.19. The van der Waals surface area contributed by atoms with Gasteiger partial charge in [-0.3, -0.25) is 4.79 Å². The van der Waals surface area contributed by atoms with Gasteiger partial charge in [0.15, 0.2) is 0 Å². The highest BCUT2D eigenvalue weighted by Gasteiger charge is 2.06. The fraction of sp³-hybridized carbons (Fsp3) is 0.0769. The van der Waals surface area contributed by atoms with Gasteiger partial charge >= 0.3 is 0 Å². The van der Waals surface area contributed by atoms with Gasteiger partial charge in [-0.15, -0.1) is 11.8 Å². The SMILES string of the molecule is Nc1ccccc1SCC(=O)Nc1ccc(Cl)cn1. The summed E-state index contributed by atoms with van der Waals surface area (Å²) in [6.07, 6.45) is 1.49. The van der Waals surface area contributed by atoms with E-state index < -0.39 is 0 Å². The van der Waals surface area contributed by atoms with Crippen LogP contribution in [0.25, 0.3) is 0 Å². The van der Waals surface area contributed by atoms with E-state index in [1.165, 1.54) is 18.0 Å². The standard InChI is InChI=1S/C13H12ClN3OS/c14-9-5-6-12(16-7-9)17-13(18)8-19-11-4-2-1-3-10(11)15/h1-7H,8,15H2,(H,16,17,18). The van der Waals surface area contributed by atoms with Crippen molar-refractivity contribution in [2.75, 3.05) is 16.8 Å². The van der Waals surface area contributed by atoms with E-state index in [9.17, 15) is 4.79 Å². The van der Waals surface area contributed by atoms with Gasteiger partial charge in [-0.05, 0) is 24.3 Å². The normalized spacial score (nSPS) is 10.2. The molecule has 1 aromatic heterocycles. The lowest BCUT2D eigenvalue weighted by atomic mass is 10.3. The molecule has 0 unspecified atom stereocenters. The third-order valence-electron chi connectivity index (χ3n) is 2.27. The summed E-state index contributed by atoms with van der Waals surface area (Å²) in [5, 5.41) is 3.22. The van der Waals surface area contributed by atoms with E-state index in [0.717, 1.165) is 4.90 Å². The maximum absolute atomic E-state index is 11.7. The summed E-state index contributed by atoms with van der Waals surface area (Å²) in [5.74, 6) is 0.623. The van der Waals surface area contributed by atoms with Crippen LogP contribution in [-0.2, 0) is 4.79 Å². The van der Waals surface area contributed by atoms with Crippen molar-refractivity contribution in [1.82, 2.24) is 4.98 Å². The third-order valence-corrected chi connectivity index (χ3v) is 3.59. The molecule has 0 spiro atoms. The molecule has 0 saturated carbocycles. The quantitative estimate of drug-likeness (QED) is 0.671. The Bertz CT molecular complexity index is 574. The average Bonchev–Trinajstić information content (AvgIpc) is 2.40. The minimum absolute atomic E-state index is 0.136. The molecular formula is C13H12ClN3OS. The van der Waals surface area contributed by atoms with E-state index in [1.807, 2.05) is 18.2 Å². The number of carbonyl (C=O) groups excluding carboxylic acids is 1. The monoisotopic (exact) mass is 293 g/mol. The van der Waals surface area contributed by atoms with Gasteiger partial charge in [-0.1, -0.05) is 23.7 Å². The molecule has 1 amide bonds. The average molecular weight is 294 g/mol. The molecule has 4 nitrogen and oxygen atoms in total. The highest BCUT2D eigenvalue weighted by atomic mass is 35.5. The number of aromatic nitrogens is 1. The van der Waals surface area contributed by atoms with Crippen LogP contribution in [-0.4, -0.2) is 16.6 Å². The Balaban J connectivity index is 1.88. The van der Waals surface area contributed by atoms with Crippen LogP contribution in [0.5, 0.6) is 0 Å². The second-order valence-electron chi connectivity index (χ2n) is 3.74. The van der Waals surface area contributed by atoms with Gasteiger partial charge in [-0.25, -0.2) is 4.98 Å². The number of hydrogen-bond acceptors (Lipinski definition) is 4. The number of hydrogen-bond donors (Lipinski definition) is 2. The van der Waals surface area contributed by atoms with Crippen molar-refractivity contribution in [2.24, 2.45) is 0 Å². The molecule has 0 aliphatic rings. The Morgan fingerprint density at radius 3 is 2.79 bits per heavy atom. The molecule has 3 N–H and O–H groups in total. The molecule has 19 heavy (non-hydrogen) atoms. The molecule has 2 rings (SSSR count). The Morgan fingerprint density at radius 1 is 1.32 bits per heavy atom. The van der Waals surface area contributed by atoms with Crippen LogP contribution in [0.2, 0.25) is 5.02 Å². The van der Waals surface area contributed by atoms with E-state index in [4.69, 9.17) is 17.3 Å². The Kier molecular flexibility index (Phi) is 4.65. The van der Waals surface area contributed by atoms with Crippen molar-refractivity contribution in [1.29, 1.82) is 0 Å². The van der Waals surface area contributed by atoms with Crippen molar-refractivity contribution in [3.05, 3.63) is 47.6 Å². The van der Waals surface area contributed by atoms with Gasteiger partial charge in [0.2, 0.25) is 5.91 Å². The maximum atomic E-state index is 11.7. The smallest absolute Gasteiger partial charge is 0.235 e. The van der Waals surface area contributed by atoms with Crippen molar-refractivity contribution in [3.63, 3.8) is 0 Å². The van der Waals surface area contributed by atoms with Crippen molar-refractivity contribution < 1.29 is 4.79 Å². The third kappa shape index (κ3) is 4.15. The van der Waals surface area contributed by atoms with Crippen molar-refractivity contribution >= 4 is 40.8 Å². The molecule has 0 aliphatic heterocycles. The highest BCUT2D eigenvalue weighted by molar-refractivity contribution is 8.00. The van der Waals surface area contributed by atoms with Crippen LogP contribution in [0.1, 0.15) is 0 Å². The molecule has 0 fully saturated rings. The number of nitrogens with one attached hydrogen (secondary N) is 1. The number of rotatable bonds is 4. The number of amides is 1. The zero-order valence-electron chi connectivity index (χ0n) is 9.97. The van der Waals surface area contributed by atoms with Gasteiger partial charge in [0.1, 0.15) is 5.82 Å². The van der Waals surface area contributed by atoms with E-state index in [2.05, 4.69) is 10.3 Å². The highest BCUT2D eigenvalue weighted by Crippen LogP contribution is 2.24. The van der Waals surface area contributed by atoms with Gasteiger partial charge in [0.25, 0.3) is 0 Å². The molecule has 0 atom stereocenters. The van der Waals surface area contributed by atoms with E-state index in [0.29, 0.717) is 16.5 Å². The minimum atomic E-state index is -0.136. The number of pyridine rings is 1. The molecule has 0 aliphatic carbocycles. The van der Waals surface area contributed by atoms with E-state index >= 15 is 0 Å². The van der Waals surface area contributed by atoms with Crippen LogP contribution in [0, 0.1) is 0 Å². The van der Waals surface area contributed by atoms with Crippen LogP contribution < -0.4 is 11.1 Å². The Labute approximate surface area is 120 Å². The lowest BCUT2D eigenvalue weighted by Crippen LogP contribution is -2.14. The first kappa shape index (κ1) is 13.7. The van der Waals surface area contributed by atoms with Crippen LogP contribution in [0.15, 0.2) is 47.5 Å². The zero-order valence-corrected chi connectivity index (χ0v) is 11.5. The zero-order chi connectivity index (χ0) is 13.7. The maximum Gasteiger partial charge on any atom is 0.235 e. The van der Waals surface area contributed by atoms with Crippen LogP contribution in [0.3, 0.4) is 0 Å². The molecule has 0 bridgehead atoms.